The normalized spacial score (nSPS) is 17.5. The number of hydrogen-bond acceptors (Lipinski definition) is 5. The predicted octanol–water partition coefficient (Wildman–Crippen LogP) is 4.70. The van der Waals surface area contributed by atoms with Gasteiger partial charge >= 0.3 is 0 Å². The lowest BCUT2D eigenvalue weighted by Gasteiger charge is -2.32. The molecule has 1 N–H and O–H groups in total. The molecule has 5 nitrogen and oxygen atoms in total. The van der Waals surface area contributed by atoms with E-state index in [4.69, 9.17) is 27.9 Å². The van der Waals surface area contributed by atoms with Crippen molar-refractivity contribution < 1.29 is 9.53 Å². The standard InChI is InChI=1S/C22H23Cl2N3O2S/c23-18-5-4-15(11-19(18)24)13-27-8-6-16(7-9-27)25-21(28)12-17-14-30-22(26-17)20-3-1-2-10-29-20/h1-5,11,14,16H,6-10,12-13H2,(H,25,28). The fraction of sp³-hybridized carbons (Fsp3) is 0.364. The van der Waals surface area contributed by atoms with E-state index in [2.05, 4.69) is 15.2 Å². The highest BCUT2D eigenvalue weighted by Gasteiger charge is 2.21. The summed E-state index contributed by atoms with van der Waals surface area (Å²) in [5.74, 6) is 0.789. The molecule has 2 aromatic rings. The molecule has 0 atom stereocenters. The number of piperidine rings is 1. The van der Waals surface area contributed by atoms with Gasteiger partial charge in [-0.2, -0.15) is 0 Å². The van der Waals surface area contributed by atoms with Gasteiger partial charge in [-0.05, 0) is 42.7 Å². The topological polar surface area (TPSA) is 54.5 Å². The summed E-state index contributed by atoms with van der Waals surface area (Å²) in [5.41, 5.74) is 1.93. The van der Waals surface area contributed by atoms with Gasteiger partial charge in [0.05, 0.1) is 22.2 Å². The van der Waals surface area contributed by atoms with Gasteiger partial charge in [-0.15, -0.1) is 11.3 Å². The van der Waals surface area contributed by atoms with Crippen molar-refractivity contribution in [3.63, 3.8) is 0 Å². The fourth-order valence-corrected chi connectivity index (χ4v) is 4.72. The van der Waals surface area contributed by atoms with Gasteiger partial charge in [-0.1, -0.05) is 35.3 Å². The first kappa shape index (κ1) is 21.4. The second kappa shape index (κ2) is 9.96. The summed E-state index contributed by atoms with van der Waals surface area (Å²) in [6, 6.07) is 5.97. The zero-order chi connectivity index (χ0) is 20.9. The van der Waals surface area contributed by atoms with E-state index in [1.807, 2.05) is 41.8 Å². The van der Waals surface area contributed by atoms with Crippen LogP contribution in [0.5, 0.6) is 0 Å². The summed E-state index contributed by atoms with van der Waals surface area (Å²) in [7, 11) is 0. The number of amides is 1. The first-order chi connectivity index (χ1) is 14.6. The van der Waals surface area contributed by atoms with Crippen LogP contribution >= 0.6 is 34.5 Å². The Morgan fingerprint density at radius 2 is 2.10 bits per heavy atom. The molecule has 1 fully saturated rings. The van der Waals surface area contributed by atoms with E-state index < -0.39 is 0 Å². The number of likely N-dealkylation sites (tertiary alicyclic amines) is 1. The number of allylic oxidation sites excluding steroid dienone is 2. The van der Waals surface area contributed by atoms with Crippen molar-refractivity contribution in [1.29, 1.82) is 0 Å². The number of aromatic nitrogens is 1. The van der Waals surface area contributed by atoms with Crippen molar-refractivity contribution in [2.75, 3.05) is 19.7 Å². The molecule has 0 unspecified atom stereocenters. The van der Waals surface area contributed by atoms with Crippen molar-refractivity contribution in [3.8, 4) is 0 Å². The van der Waals surface area contributed by atoms with E-state index in [1.165, 1.54) is 11.3 Å². The molecule has 0 spiro atoms. The summed E-state index contributed by atoms with van der Waals surface area (Å²) in [4.78, 5) is 19.4. The van der Waals surface area contributed by atoms with Crippen LogP contribution in [0.1, 0.15) is 29.1 Å². The predicted molar refractivity (Wildman–Crippen MR) is 122 cm³/mol. The SMILES string of the molecule is O=C(Cc1csc(C2=CC=CCO2)n1)NC1CCN(Cc2ccc(Cl)c(Cl)c2)CC1. The van der Waals surface area contributed by atoms with Crippen LogP contribution < -0.4 is 5.32 Å². The van der Waals surface area contributed by atoms with Gasteiger partial charge in [-0.25, -0.2) is 4.98 Å². The molecular formula is C22H23Cl2N3O2S. The molecule has 1 aromatic heterocycles. The van der Waals surface area contributed by atoms with Crippen molar-refractivity contribution in [3.05, 3.63) is 68.1 Å². The van der Waals surface area contributed by atoms with Crippen molar-refractivity contribution in [2.24, 2.45) is 0 Å². The zero-order valence-electron chi connectivity index (χ0n) is 16.4. The Balaban J connectivity index is 1.22. The van der Waals surface area contributed by atoms with Gasteiger partial charge < -0.3 is 10.1 Å². The first-order valence-corrected chi connectivity index (χ1v) is 11.6. The molecular weight excluding hydrogens is 441 g/mol. The summed E-state index contributed by atoms with van der Waals surface area (Å²) < 4.78 is 5.57. The third-order valence-corrected chi connectivity index (χ3v) is 6.81. The van der Waals surface area contributed by atoms with Gasteiger partial charge in [0, 0.05) is 31.1 Å². The molecule has 0 saturated carbocycles. The second-order valence-corrected chi connectivity index (χ2v) is 9.13. The number of benzene rings is 1. The highest BCUT2D eigenvalue weighted by atomic mass is 35.5. The Kier molecular flexibility index (Phi) is 7.10. The minimum absolute atomic E-state index is 0.0215. The molecule has 2 aliphatic heterocycles. The molecule has 8 heteroatoms. The van der Waals surface area contributed by atoms with Crippen LogP contribution in [0.25, 0.3) is 5.76 Å². The molecule has 1 amide bonds. The van der Waals surface area contributed by atoms with Gasteiger partial charge in [-0.3, -0.25) is 9.69 Å². The van der Waals surface area contributed by atoms with Crippen LogP contribution in [0.15, 0.2) is 41.8 Å². The van der Waals surface area contributed by atoms with E-state index >= 15 is 0 Å². The summed E-state index contributed by atoms with van der Waals surface area (Å²) in [6.45, 7) is 3.27. The van der Waals surface area contributed by atoms with Crippen molar-refractivity contribution in [2.45, 2.75) is 31.8 Å². The monoisotopic (exact) mass is 463 g/mol. The maximum absolute atomic E-state index is 12.5. The summed E-state index contributed by atoms with van der Waals surface area (Å²) >= 11 is 13.6. The summed E-state index contributed by atoms with van der Waals surface area (Å²) in [6.07, 6.45) is 7.97. The van der Waals surface area contributed by atoms with Crippen LogP contribution in [-0.4, -0.2) is 41.5 Å². The van der Waals surface area contributed by atoms with Crippen LogP contribution in [0, 0.1) is 0 Å². The summed E-state index contributed by atoms with van der Waals surface area (Å²) in [5, 5.41) is 7.07. The molecule has 3 heterocycles. The third kappa shape index (κ3) is 5.64. The smallest absolute Gasteiger partial charge is 0.226 e. The number of hydrogen-bond donors (Lipinski definition) is 1. The van der Waals surface area contributed by atoms with Crippen LogP contribution in [0.3, 0.4) is 0 Å². The Hall–Kier alpha value is -1.86. The van der Waals surface area contributed by atoms with Gasteiger partial charge in [0.15, 0.2) is 10.8 Å². The lowest BCUT2D eigenvalue weighted by Crippen LogP contribution is -2.44. The van der Waals surface area contributed by atoms with Crippen LogP contribution in [0.4, 0.5) is 0 Å². The van der Waals surface area contributed by atoms with E-state index in [0.29, 0.717) is 23.1 Å². The third-order valence-electron chi connectivity index (χ3n) is 5.17. The maximum Gasteiger partial charge on any atom is 0.226 e. The average Bonchev–Trinajstić information content (AvgIpc) is 3.21. The minimum Gasteiger partial charge on any atom is -0.486 e. The number of ether oxygens (including phenoxy) is 1. The lowest BCUT2D eigenvalue weighted by molar-refractivity contribution is -0.121. The minimum atomic E-state index is 0.0215. The van der Waals surface area contributed by atoms with Crippen molar-refractivity contribution >= 4 is 46.2 Å². The number of nitrogens with one attached hydrogen (secondary N) is 1. The maximum atomic E-state index is 12.5. The molecule has 158 valence electrons. The average molecular weight is 464 g/mol. The Labute approximate surface area is 190 Å². The van der Waals surface area contributed by atoms with Crippen molar-refractivity contribution in [1.82, 2.24) is 15.2 Å². The second-order valence-electron chi connectivity index (χ2n) is 7.46. The molecule has 1 aromatic carbocycles. The number of thiazole rings is 1. The molecule has 30 heavy (non-hydrogen) atoms. The van der Waals surface area contributed by atoms with Crippen LogP contribution in [0.2, 0.25) is 10.0 Å². The quantitative estimate of drug-likeness (QED) is 0.674. The molecule has 2 aliphatic rings. The Morgan fingerprint density at radius 1 is 1.27 bits per heavy atom. The number of carbonyl (C=O) groups excluding carboxylic acids is 1. The van der Waals surface area contributed by atoms with Gasteiger partial charge in [0.1, 0.15) is 6.61 Å². The van der Waals surface area contributed by atoms with E-state index in [9.17, 15) is 4.79 Å². The Bertz CT molecular complexity index is 965. The van der Waals surface area contributed by atoms with Crippen LogP contribution in [-0.2, 0) is 22.5 Å². The van der Waals surface area contributed by atoms with Gasteiger partial charge in [0.2, 0.25) is 5.91 Å². The molecule has 1 saturated heterocycles. The molecule has 0 bridgehead atoms. The fourth-order valence-electron chi connectivity index (χ4n) is 3.61. The van der Waals surface area contributed by atoms with E-state index in [0.717, 1.165) is 54.5 Å². The van der Waals surface area contributed by atoms with Gasteiger partial charge in [0.25, 0.3) is 0 Å². The number of carbonyl (C=O) groups is 1. The number of rotatable bonds is 6. The number of nitrogens with zero attached hydrogens (tertiary/aromatic N) is 2. The molecule has 4 rings (SSSR count). The molecule has 0 aliphatic carbocycles. The number of halogens is 2. The first-order valence-electron chi connectivity index (χ1n) is 9.97. The lowest BCUT2D eigenvalue weighted by atomic mass is 10.0. The van der Waals surface area contributed by atoms with E-state index in [-0.39, 0.29) is 11.9 Å². The highest BCUT2D eigenvalue weighted by molar-refractivity contribution is 7.10. The highest BCUT2D eigenvalue weighted by Crippen LogP contribution is 2.25. The Morgan fingerprint density at radius 3 is 2.83 bits per heavy atom. The van der Waals surface area contributed by atoms with E-state index in [1.54, 1.807) is 0 Å². The zero-order valence-corrected chi connectivity index (χ0v) is 18.8. The molecule has 0 radical (unpaired) electrons. The largest absolute Gasteiger partial charge is 0.486 e.